The van der Waals surface area contributed by atoms with Crippen LogP contribution < -0.4 is 11.1 Å². The van der Waals surface area contributed by atoms with Gasteiger partial charge in [-0.3, -0.25) is 0 Å². The molecule has 4 nitrogen and oxygen atoms in total. The molecule has 1 aromatic carbocycles. The van der Waals surface area contributed by atoms with Gasteiger partial charge in [0.05, 0.1) is 5.52 Å². The first-order chi connectivity index (χ1) is 9.53. The molecule has 3 rings (SSSR count). The van der Waals surface area contributed by atoms with E-state index in [1.807, 2.05) is 24.3 Å². The van der Waals surface area contributed by atoms with Crippen molar-refractivity contribution in [2.45, 2.75) is 45.6 Å². The number of nitrogens with two attached hydrogens (primary N) is 1. The van der Waals surface area contributed by atoms with E-state index >= 15 is 0 Å². The molecule has 0 amide bonds. The molecule has 0 aliphatic heterocycles. The summed E-state index contributed by atoms with van der Waals surface area (Å²) in [5.74, 6) is 1.21. The summed E-state index contributed by atoms with van der Waals surface area (Å²) in [4.78, 5) is 8.68. The standard InChI is InChI=1S/C16H22N4/c1-16(2)9-5-6-11(10-16)18-14-12-7-3-4-8-13(12)19-15(17)20-14/h3-4,7-8,11H,5-6,9-10H2,1-2H3,(H3,17,18,19,20). The summed E-state index contributed by atoms with van der Waals surface area (Å²) < 4.78 is 0. The summed E-state index contributed by atoms with van der Waals surface area (Å²) >= 11 is 0. The van der Waals surface area contributed by atoms with Gasteiger partial charge in [-0.15, -0.1) is 0 Å². The third-order valence-corrected chi connectivity index (χ3v) is 4.17. The van der Waals surface area contributed by atoms with E-state index in [9.17, 15) is 0 Å². The van der Waals surface area contributed by atoms with E-state index < -0.39 is 0 Å². The number of anilines is 2. The predicted molar refractivity (Wildman–Crippen MR) is 83.6 cm³/mol. The Labute approximate surface area is 119 Å². The summed E-state index contributed by atoms with van der Waals surface area (Å²) in [6, 6.07) is 8.48. The summed E-state index contributed by atoms with van der Waals surface area (Å²) in [5, 5.41) is 4.64. The first-order valence-corrected chi connectivity index (χ1v) is 7.32. The molecule has 4 heteroatoms. The van der Waals surface area contributed by atoms with E-state index in [-0.39, 0.29) is 0 Å². The van der Waals surface area contributed by atoms with Gasteiger partial charge in [0.1, 0.15) is 5.82 Å². The normalized spacial score (nSPS) is 21.8. The van der Waals surface area contributed by atoms with Crippen LogP contribution in [0.1, 0.15) is 39.5 Å². The van der Waals surface area contributed by atoms with Crippen LogP contribution in [0.4, 0.5) is 11.8 Å². The Bertz CT molecular complexity index is 621. The van der Waals surface area contributed by atoms with Gasteiger partial charge < -0.3 is 11.1 Å². The smallest absolute Gasteiger partial charge is 0.222 e. The average molecular weight is 270 g/mol. The average Bonchev–Trinajstić information content (AvgIpc) is 2.37. The van der Waals surface area contributed by atoms with Gasteiger partial charge in [0.2, 0.25) is 5.95 Å². The monoisotopic (exact) mass is 270 g/mol. The van der Waals surface area contributed by atoms with Crippen LogP contribution in [0.2, 0.25) is 0 Å². The Kier molecular flexibility index (Phi) is 3.24. The Morgan fingerprint density at radius 3 is 2.85 bits per heavy atom. The Morgan fingerprint density at radius 1 is 1.25 bits per heavy atom. The second-order valence-corrected chi connectivity index (χ2v) is 6.55. The van der Waals surface area contributed by atoms with Gasteiger partial charge >= 0.3 is 0 Å². The highest BCUT2D eigenvalue weighted by molar-refractivity contribution is 5.89. The zero-order valence-electron chi connectivity index (χ0n) is 12.2. The molecule has 2 aromatic rings. The maximum atomic E-state index is 5.82. The number of nitrogens with one attached hydrogen (secondary N) is 1. The highest BCUT2D eigenvalue weighted by Crippen LogP contribution is 2.36. The summed E-state index contributed by atoms with van der Waals surface area (Å²) in [6.07, 6.45) is 4.94. The molecule has 1 saturated carbocycles. The molecule has 1 aliphatic carbocycles. The Balaban J connectivity index is 1.90. The zero-order chi connectivity index (χ0) is 14.2. The second kappa shape index (κ2) is 4.93. The number of rotatable bonds is 2. The molecular formula is C16H22N4. The second-order valence-electron chi connectivity index (χ2n) is 6.55. The van der Waals surface area contributed by atoms with Gasteiger partial charge in [0, 0.05) is 11.4 Å². The van der Waals surface area contributed by atoms with E-state index in [0.29, 0.717) is 17.4 Å². The topological polar surface area (TPSA) is 63.8 Å². The molecule has 1 fully saturated rings. The van der Waals surface area contributed by atoms with Crippen LogP contribution in [0.3, 0.4) is 0 Å². The number of para-hydroxylation sites is 1. The van der Waals surface area contributed by atoms with Crippen molar-refractivity contribution in [3.05, 3.63) is 24.3 Å². The van der Waals surface area contributed by atoms with Crippen LogP contribution in [-0.4, -0.2) is 16.0 Å². The summed E-state index contributed by atoms with van der Waals surface area (Å²) in [6.45, 7) is 4.68. The highest BCUT2D eigenvalue weighted by Gasteiger charge is 2.28. The maximum absolute atomic E-state index is 5.82. The lowest BCUT2D eigenvalue weighted by Crippen LogP contribution is -2.32. The minimum Gasteiger partial charge on any atom is -0.368 e. The number of benzene rings is 1. The third-order valence-electron chi connectivity index (χ3n) is 4.17. The first kappa shape index (κ1) is 13.2. The molecule has 0 bridgehead atoms. The molecule has 0 radical (unpaired) electrons. The highest BCUT2D eigenvalue weighted by atomic mass is 15.1. The van der Waals surface area contributed by atoms with E-state index in [0.717, 1.165) is 16.7 Å². The van der Waals surface area contributed by atoms with Crippen molar-refractivity contribution in [1.29, 1.82) is 0 Å². The molecule has 3 N–H and O–H groups in total. The van der Waals surface area contributed by atoms with E-state index in [1.165, 1.54) is 25.7 Å². The molecule has 1 aliphatic rings. The Morgan fingerprint density at radius 2 is 2.05 bits per heavy atom. The van der Waals surface area contributed by atoms with Crippen LogP contribution in [0.5, 0.6) is 0 Å². The van der Waals surface area contributed by atoms with Crippen LogP contribution in [0.15, 0.2) is 24.3 Å². The number of hydrogen-bond donors (Lipinski definition) is 2. The number of nitrogens with zero attached hydrogens (tertiary/aromatic N) is 2. The fourth-order valence-corrected chi connectivity index (χ4v) is 3.22. The van der Waals surface area contributed by atoms with E-state index in [2.05, 4.69) is 29.1 Å². The number of hydrogen-bond acceptors (Lipinski definition) is 4. The lowest BCUT2D eigenvalue weighted by Gasteiger charge is -2.35. The lowest BCUT2D eigenvalue weighted by atomic mass is 9.75. The summed E-state index contributed by atoms with van der Waals surface area (Å²) in [5.41, 5.74) is 7.13. The van der Waals surface area contributed by atoms with Crippen LogP contribution in [0.25, 0.3) is 10.9 Å². The van der Waals surface area contributed by atoms with Gasteiger partial charge in [0.15, 0.2) is 0 Å². The minimum absolute atomic E-state index is 0.335. The molecule has 1 atom stereocenters. The van der Waals surface area contributed by atoms with Gasteiger partial charge in [-0.05, 0) is 36.8 Å². The van der Waals surface area contributed by atoms with Crippen molar-refractivity contribution in [3.8, 4) is 0 Å². The maximum Gasteiger partial charge on any atom is 0.222 e. The van der Waals surface area contributed by atoms with Gasteiger partial charge in [-0.25, -0.2) is 4.98 Å². The molecular weight excluding hydrogens is 248 g/mol. The van der Waals surface area contributed by atoms with Crippen molar-refractivity contribution < 1.29 is 0 Å². The molecule has 20 heavy (non-hydrogen) atoms. The molecule has 1 unspecified atom stereocenters. The van der Waals surface area contributed by atoms with Crippen LogP contribution in [-0.2, 0) is 0 Å². The molecule has 106 valence electrons. The quantitative estimate of drug-likeness (QED) is 0.875. The lowest BCUT2D eigenvalue weighted by molar-refractivity contribution is 0.229. The van der Waals surface area contributed by atoms with Crippen molar-refractivity contribution >= 4 is 22.7 Å². The van der Waals surface area contributed by atoms with Crippen LogP contribution in [0, 0.1) is 5.41 Å². The van der Waals surface area contributed by atoms with Gasteiger partial charge in [-0.1, -0.05) is 32.4 Å². The third kappa shape index (κ3) is 2.69. The van der Waals surface area contributed by atoms with E-state index in [1.54, 1.807) is 0 Å². The van der Waals surface area contributed by atoms with E-state index in [4.69, 9.17) is 5.73 Å². The number of fused-ring (bicyclic) bond motifs is 1. The minimum atomic E-state index is 0.335. The molecule has 0 spiro atoms. The zero-order valence-corrected chi connectivity index (χ0v) is 12.2. The SMILES string of the molecule is CC1(C)CCCC(Nc2nc(N)nc3ccccc23)C1. The molecule has 1 heterocycles. The van der Waals surface area contributed by atoms with Crippen molar-refractivity contribution in [1.82, 2.24) is 9.97 Å². The number of nitrogen functional groups attached to an aromatic ring is 1. The van der Waals surface area contributed by atoms with Crippen LogP contribution >= 0.6 is 0 Å². The summed E-state index contributed by atoms with van der Waals surface area (Å²) in [7, 11) is 0. The van der Waals surface area contributed by atoms with Crippen molar-refractivity contribution in [2.75, 3.05) is 11.1 Å². The largest absolute Gasteiger partial charge is 0.368 e. The van der Waals surface area contributed by atoms with Gasteiger partial charge in [0.25, 0.3) is 0 Å². The van der Waals surface area contributed by atoms with Crippen molar-refractivity contribution in [2.24, 2.45) is 5.41 Å². The molecule has 0 saturated heterocycles. The first-order valence-electron chi connectivity index (χ1n) is 7.32. The van der Waals surface area contributed by atoms with Crippen molar-refractivity contribution in [3.63, 3.8) is 0 Å². The Hall–Kier alpha value is -1.84. The predicted octanol–water partition coefficient (Wildman–Crippen LogP) is 3.59. The fraction of sp³-hybridized carbons (Fsp3) is 0.500. The number of aromatic nitrogens is 2. The fourth-order valence-electron chi connectivity index (χ4n) is 3.22. The van der Waals surface area contributed by atoms with Gasteiger partial charge in [-0.2, -0.15) is 4.98 Å². The molecule has 1 aromatic heterocycles.